The highest BCUT2D eigenvalue weighted by Gasteiger charge is 2.32. The third kappa shape index (κ3) is 3.62. The van der Waals surface area contributed by atoms with E-state index in [4.69, 9.17) is 4.74 Å². The SMILES string of the molecule is O=C(NCCC1COCCN1C(=O)c1n[nH]c2c1CCC2)c1ccncc1F. The molecule has 0 bridgehead atoms. The Morgan fingerprint density at radius 2 is 2.29 bits per heavy atom. The Balaban J connectivity index is 1.38. The van der Waals surface area contributed by atoms with Gasteiger partial charge in [-0.2, -0.15) is 5.10 Å². The topological polar surface area (TPSA) is 100 Å². The second kappa shape index (κ2) is 8.05. The summed E-state index contributed by atoms with van der Waals surface area (Å²) in [6, 6.07) is 1.17. The zero-order valence-corrected chi connectivity index (χ0v) is 15.4. The van der Waals surface area contributed by atoms with E-state index in [0.29, 0.717) is 38.4 Å². The minimum absolute atomic E-state index is 0.0464. The number of morpholine rings is 1. The quantitative estimate of drug-likeness (QED) is 0.800. The van der Waals surface area contributed by atoms with Crippen LogP contribution < -0.4 is 5.32 Å². The van der Waals surface area contributed by atoms with E-state index < -0.39 is 11.7 Å². The minimum atomic E-state index is -0.662. The molecule has 0 radical (unpaired) electrons. The summed E-state index contributed by atoms with van der Waals surface area (Å²) < 4.78 is 19.2. The zero-order chi connectivity index (χ0) is 19.5. The van der Waals surface area contributed by atoms with Crippen molar-refractivity contribution >= 4 is 11.8 Å². The molecule has 2 aromatic heterocycles. The molecule has 0 aromatic carbocycles. The molecule has 148 valence electrons. The summed E-state index contributed by atoms with van der Waals surface area (Å²) in [5.74, 6) is -1.26. The number of aromatic nitrogens is 3. The molecular formula is C19H22FN5O3. The molecule has 4 rings (SSSR count). The van der Waals surface area contributed by atoms with Gasteiger partial charge in [-0.05, 0) is 31.7 Å². The van der Waals surface area contributed by atoms with E-state index in [1.54, 1.807) is 4.90 Å². The van der Waals surface area contributed by atoms with Gasteiger partial charge < -0.3 is 15.0 Å². The van der Waals surface area contributed by atoms with Crippen LogP contribution in [-0.4, -0.2) is 64.2 Å². The first kappa shape index (κ1) is 18.5. The Kier molecular flexibility index (Phi) is 5.34. The Hall–Kier alpha value is -2.81. The van der Waals surface area contributed by atoms with E-state index in [1.807, 2.05) is 0 Å². The summed E-state index contributed by atoms with van der Waals surface area (Å²) in [5.41, 5.74) is 2.54. The molecule has 0 spiro atoms. The number of halogens is 1. The fraction of sp³-hybridized carbons (Fsp3) is 0.474. The summed E-state index contributed by atoms with van der Waals surface area (Å²) in [6.07, 6.45) is 5.72. The molecule has 2 N–H and O–H groups in total. The summed E-state index contributed by atoms with van der Waals surface area (Å²) in [6.45, 7) is 1.66. The lowest BCUT2D eigenvalue weighted by atomic mass is 10.1. The molecule has 2 amide bonds. The molecule has 8 nitrogen and oxygen atoms in total. The van der Waals surface area contributed by atoms with Crippen LogP contribution in [-0.2, 0) is 17.6 Å². The Bertz CT molecular complexity index is 884. The number of aryl methyl sites for hydroxylation is 1. The van der Waals surface area contributed by atoms with Gasteiger partial charge in [0.15, 0.2) is 11.5 Å². The van der Waals surface area contributed by atoms with Crippen molar-refractivity contribution in [3.63, 3.8) is 0 Å². The predicted octanol–water partition coefficient (Wildman–Crippen LogP) is 1.09. The van der Waals surface area contributed by atoms with Crippen molar-refractivity contribution in [3.05, 3.63) is 46.8 Å². The molecule has 9 heteroatoms. The van der Waals surface area contributed by atoms with E-state index in [-0.39, 0.29) is 17.5 Å². The Morgan fingerprint density at radius 3 is 3.14 bits per heavy atom. The number of carbonyl (C=O) groups is 2. The van der Waals surface area contributed by atoms with E-state index in [9.17, 15) is 14.0 Å². The number of H-pyrrole nitrogens is 1. The third-order valence-electron chi connectivity index (χ3n) is 5.28. The van der Waals surface area contributed by atoms with Crippen LogP contribution in [0.1, 0.15) is 44.9 Å². The number of carbonyl (C=O) groups excluding carboxylic acids is 2. The zero-order valence-electron chi connectivity index (χ0n) is 15.4. The second-order valence-electron chi connectivity index (χ2n) is 7.01. The molecular weight excluding hydrogens is 365 g/mol. The van der Waals surface area contributed by atoms with Gasteiger partial charge in [-0.15, -0.1) is 0 Å². The van der Waals surface area contributed by atoms with Crippen molar-refractivity contribution in [2.45, 2.75) is 31.7 Å². The number of nitrogens with zero attached hydrogens (tertiary/aromatic N) is 3. The average molecular weight is 387 g/mol. The van der Waals surface area contributed by atoms with Gasteiger partial charge in [0, 0.05) is 30.5 Å². The van der Waals surface area contributed by atoms with Gasteiger partial charge in [0.25, 0.3) is 11.8 Å². The average Bonchev–Trinajstić information content (AvgIpc) is 3.32. The first-order valence-electron chi connectivity index (χ1n) is 9.47. The molecule has 2 aliphatic rings. The molecule has 2 aromatic rings. The number of hydrogen-bond donors (Lipinski definition) is 2. The fourth-order valence-corrected chi connectivity index (χ4v) is 3.80. The van der Waals surface area contributed by atoms with Crippen LogP contribution in [0, 0.1) is 5.82 Å². The van der Waals surface area contributed by atoms with Gasteiger partial charge in [-0.1, -0.05) is 0 Å². The molecule has 1 atom stereocenters. The highest BCUT2D eigenvalue weighted by Crippen LogP contribution is 2.25. The van der Waals surface area contributed by atoms with Gasteiger partial charge in [-0.3, -0.25) is 19.7 Å². The summed E-state index contributed by atoms with van der Waals surface area (Å²) >= 11 is 0. The van der Waals surface area contributed by atoms with Gasteiger partial charge in [0.05, 0.1) is 31.0 Å². The van der Waals surface area contributed by atoms with Crippen LogP contribution >= 0.6 is 0 Å². The molecule has 0 saturated carbocycles. The lowest BCUT2D eigenvalue weighted by molar-refractivity contribution is -0.00427. The number of amides is 2. The van der Waals surface area contributed by atoms with Gasteiger partial charge in [0.1, 0.15) is 0 Å². The monoisotopic (exact) mass is 387 g/mol. The number of fused-ring (bicyclic) bond motifs is 1. The third-order valence-corrected chi connectivity index (χ3v) is 5.28. The van der Waals surface area contributed by atoms with E-state index in [0.717, 1.165) is 36.7 Å². The van der Waals surface area contributed by atoms with Crippen LogP contribution in [0.5, 0.6) is 0 Å². The molecule has 1 fully saturated rings. The molecule has 28 heavy (non-hydrogen) atoms. The van der Waals surface area contributed by atoms with Crippen LogP contribution in [0.4, 0.5) is 4.39 Å². The number of nitrogens with one attached hydrogen (secondary N) is 2. The van der Waals surface area contributed by atoms with E-state index in [2.05, 4.69) is 20.5 Å². The maximum absolute atomic E-state index is 13.6. The van der Waals surface area contributed by atoms with Gasteiger partial charge in [-0.25, -0.2) is 4.39 Å². The van der Waals surface area contributed by atoms with Crippen LogP contribution in [0.2, 0.25) is 0 Å². The van der Waals surface area contributed by atoms with Crippen molar-refractivity contribution in [3.8, 4) is 0 Å². The Labute approximate surface area is 161 Å². The molecule has 1 unspecified atom stereocenters. The van der Waals surface area contributed by atoms with Crippen molar-refractivity contribution < 1.29 is 18.7 Å². The number of pyridine rings is 1. The summed E-state index contributed by atoms with van der Waals surface area (Å²) in [5, 5.41) is 9.91. The standard InChI is InChI=1S/C19H22FN5O3/c20-15-10-21-6-5-13(15)18(26)22-7-4-12-11-28-9-8-25(12)19(27)17-14-2-1-3-16(14)23-24-17/h5-6,10,12H,1-4,7-9,11H2,(H,22,26)(H,23,24). The summed E-state index contributed by atoms with van der Waals surface area (Å²) in [7, 11) is 0. The van der Waals surface area contributed by atoms with Crippen molar-refractivity contribution in [1.82, 2.24) is 25.4 Å². The van der Waals surface area contributed by atoms with Gasteiger partial charge >= 0.3 is 0 Å². The lowest BCUT2D eigenvalue weighted by Gasteiger charge is -2.35. The van der Waals surface area contributed by atoms with Crippen molar-refractivity contribution in [1.29, 1.82) is 0 Å². The number of aromatic amines is 1. The van der Waals surface area contributed by atoms with E-state index >= 15 is 0 Å². The fourth-order valence-electron chi connectivity index (χ4n) is 3.80. The maximum atomic E-state index is 13.6. The van der Waals surface area contributed by atoms with Crippen LogP contribution in [0.3, 0.4) is 0 Å². The normalized spacial score (nSPS) is 18.8. The number of ether oxygens (including phenoxy) is 1. The first-order valence-corrected chi connectivity index (χ1v) is 9.47. The molecule has 3 heterocycles. The largest absolute Gasteiger partial charge is 0.377 e. The Morgan fingerprint density at radius 1 is 1.39 bits per heavy atom. The minimum Gasteiger partial charge on any atom is -0.377 e. The second-order valence-corrected chi connectivity index (χ2v) is 7.01. The number of rotatable bonds is 5. The highest BCUT2D eigenvalue weighted by atomic mass is 19.1. The summed E-state index contributed by atoms with van der Waals surface area (Å²) in [4.78, 5) is 30.6. The lowest BCUT2D eigenvalue weighted by Crippen LogP contribution is -2.50. The van der Waals surface area contributed by atoms with Crippen molar-refractivity contribution in [2.75, 3.05) is 26.3 Å². The molecule has 1 aliphatic carbocycles. The van der Waals surface area contributed by atoms with Crippen LogP contribution in [0.15, 0.2) is 18.5 Å². The van der Waals surface area contributed by atoms with Gasteiger partial charge in [0.2, 0.25) is 0 Å². The predicted molar refractivity (Wildman–Crippen MR) is 97.4 cm³/mol. The van der Waals surface area contributed by atoms with Crippen molar-refractivity contribution in [2.24, 2.45) is 0 Å². The highest BCUT2D eigenvalue weighted by molar-refractivity contribution is 5.95. The number of hydrogen-bond acceptors (Lipinski definition) is 5. The molecule has 1 aliphatic heterocycles. The first-order chi connectivity index (χ1) is 13.6. The molecule has 1 saturated heterocycles. The maximum Gasteiger partial charge on any atom is 0.275 e. The van der Waals surface area contributed by atoms with Crippen LogP contribution in [0.25, 0.3) is 0 Å². The van der Waals surface area contributed by atoms with E-state index in [1.165, 1.54) is 12.3 Å². The smallest absolute Gasteiger partial charge is 0.275 e.